The van der Waals surface area contributed by atoms with Crippen LogP contribution in [0.25, 0.3) is 0 Å². The van der Waals surface area contributed by atoms with Crippen molar-refractivity contribution in [3.63, 3.8) is 0 Å². The zero-order valence-electron chi connectivity index (χ0n) is 14.1. The van der Waals surface area contributed by atoms with Crippen LogP contribution in [-0.4, -0.2) is 70.8 Å². The average Bonchev–Trinajstić information content (AvgIpc) is 2.87. The van der Waals surface area contributed by atoms with Gasteiger partial charge in [-0.1, -0.05) is 20.4 Å². The highest BCUT2D eigenvalue weighted by atomic mass is 16.2. The molecule has 0 aromatic heterocycles. The first kappa shape index (κ1) is 17.3. The standard InChI is InChI=1S/C16H26N4O3/c1-5-12(21)19-9-16(10-19)7-6-8-20(16)15(23)18(4)13(11(2)3)14(17)22/h5,11,13H,1,6-10H2,2-4H3,(H2,17,22)/t13-/m0/s1. The van der Waals surface area contributed by atoms with Gasteiger partial charge in [-0.2, -0.15) is 0 Å². The summed E-state index contributed by atoms with van der Waals surface area (Å²) < 4.78 is 0. The van der Waals surface area contributed by atoms with E-state index in [4.69, 9.17) is 5.73 Å². The van der Waals surface area contributed by atoms with Crippen molar-refractivity contribution in [1.82, 2.24) is 14.7 Å². The van der Waals surface area contributed by atoms with E-state index >= 15 is 0 Å². The van der Waals surface area contributed by atoms with Crippen molar-refractivity contribution in [3.05, 3.63) is 12.7 Å². The van der Waals surface area contributed by atoms with Crippen LogP contribution in [0.15, 0.2) is 12.7 Å². The smallest absolute Gasteiger partial charge is 0.321 e. The number of carbonyl (C=O) groups is 3. The summed E-state index contributed by atoms with van der Waals surface area (Å²) in [5, 5.41) is 0. The Bertz CT molecular complexity index is 525. The molecular formula is C16H26N4O3. The second-order valence-corrected chi connectivity index (χ2v) is 6.86. The van der Waals surface area contributed by atoms with Gasteiger partial charge in [0.2, 0.25) is 11.8 Å². The molecule has 2 aliphatic rings. The summed E-state index contributed by atoms with van der Waals surface area (Å²) in [6, 6.07) is -0.822. The Kier molecular flexibility index (Phi) is 4.68. The number of carbonyl (C=O) groups excluding carboxylic acids is 3. The lowest BCUT2D eigenvalue weighted by atomic mass is 9.87. The molecule has 2 rings (SSSR count). The first-order valence-electron chi connectivity index (χ1n) is 7.98. The molecule has 2 aliphatic heterocycles. The van der Waals surface area contributed by atoms with Crippen LogP contribution in [0.5, 0.6) is 0 Å². The average molecular weight is 322 g/mol. The van der Waals surface area contributed by atoms with Crippen molar-refractivity contribution in [2.45, 2.75) is 38.3 Å². The molecule has 0 saturated carbocycles. The first-order valence-corrected chi connectivity index (χ1v) is 7.98. The zero-order valence-corrected chi connectivity index (χ0v) is 14.1. The monoisotopic (exact) mass is 322 g/mol. The molecule has 2 heterocycles. The minimum Gasteiger partial charge on any atom is -0.368 e. The fraction of sp³-hybridized carbons (Fsp3) is 0.688. The molecule has 23 heavy (non-hydrogen) atoms. The molecule has 0 aromatic rings. The van der Waals surface area contributed by atoms with Crippen molar-refractivity contribution in [2.75, 3.05) is 26.7 Å². The molecule has 0 aromatic carbocycles. The van der Waals surface area contributed by atoms with E-state index in [1.54, 1.807) is 16.8 Å². The largest absolute Gasteiger partial charge is 0.368 e. The summed E-state index contributed by atoms with van der Waals surface area (Å²) >= 11 is 0. The van der Waals surface area contributed by atoms with Crippen LogP contribution in [0.3, 0.4) is 0 Å². The summed E-state index contributed by atoms with van der Waals surface area (Å²) in [4.78, 5) is 41.1. The molecule has 0 bridgehead atoms. The van der Waals surface area contributed by atoms with E-state index in [0.29, 0.717) is 19.6 Å². The fourth-order valence-electron chi connectivity index (χ4n) is 3.79. The number of primary amides is 1. The lowest BCUT2D eigenvalue weighted by Crippen LogP contribution is -2.71. The molecule has 2 N–H and O–H groups in total. The highest BCUT2D eigenvalue weighted by Gasteiger charge is 2.54. The molecule has 1 spiro atoms. The van der Waals surface area contributed by atoms with E-state index in [9.17, 15) is 14.4 Å². The summed E-state index contributed by atoms with van der Waals surface area (Å²) in [6.07, 6.45) is 3.07. The third kappa shape index (κ3) is 2.92. The SMILES string of the molecule is C=CC(=O)N1CC2(CCCN2C(=O)N(C)[C@H](C(N)=O)C(C)C)C1. The Hall–Kier alpha value is -2.05. The van der Waals surface area contributed by atoms with E-state index in [0.717, 1.165) is 12.8 Å². The maximum Gasteiger partial charge on any atom is 0.321 e. The van der Waals surface area contributed by atoms with E-state index in [1.165, 1.54) is 11.0 Å². The van der Waals surface area contributed by atoms with E-state index < -0.39 is 11.9 Å². The molecule has 0 radical (unpaired) electrons. The molecule has 0 unspecified atom stereocenters. The van der Waals surface area contributed by atoms with Gasteiger partial charge in [-0.3, -0.25) is 9.59 Å². The number of likely N-dealkylation sites (N-methyl/N-ethyl adjacent to an activating group) is 1. The molecular weight excluding hydrogens is 296 g/mol. The Morgan fingerprint density at radius 2 is 1.91 bits per heavy atom. The third-order valence-corrected chi connectivity index (χ3v) is 4.93. The van der Waals surface area contributed by atoms with Crippen LogP contribution in [-0.2, 0) is 9.59 Å². The van der Waals surface area contributed by atoms with Crippen LogP contribution >= 0.6 is 0 Å². The number of nitrogens with two attached hydrogens (primary N) is 1. The van der Waals surface area contributed by atoms with Crippen molar-refractivity contribution < 1.29 is 14.4 Å². The molecule has 4 amide bonds. The minimum absolute atomic E-state index is 0.0553. The van der Waals surface area contributed by atoms with E-state index in [-0.39, 0.29) is 23.4 Å². The van der Waals surface area contributed by atoms with Crippen LogP contribution < -0.4 is 5.73 Å². The normalized spacial score (nSPS) is 20.3. The van der Waals surface area contributed by atoms with Crippen LogP contribution in [0.4, 0.5) is 4.79 Å². The lowest BCUT2D eigenvalue weighted by Gasteiger charge is -2.53. The van der Waals surface area contributed by atoms with Gasteiger partial charge < -0.3 is 20.4 Å². The number of urea groups is 1. The highest BCUT2D eigenvalue weighted by Crippen LogP contribution is 2.38. The van der Waals surface area contributed by atoms with Crippen LogP contribution in [0.1, 0.15) is 26.7 Å². The van der Waals surface area contributed by atoms with Gasteiger partial charge in [0.15, 0.2) is 0 Å². The number of nitrogens with zero attached hydrogens (tertiary/aromatic N) is 3. The summed E-state index contributed by atoms with van der Waals surface area (Å²) in [7, 11) is 1.62. The van der Waals surface area contributed by atoms with E-state index in [2.05, 4.69) is 6.58 Å². The number of amides is 4. The van der Waals surface area contributed by atoms with Gasteiger partial charge in [-0.15, -0.1) is 0 Å². The Morgan fingerprint density at radius 3 is 2.39 bits per heavy atom. The number of hydrogen-bond donors (Lipinski definition) is 1. The van der Waals surface area contributed by atoms with Gasteiger partial charge in [-0.05, 0) is 24.8 Å². The molecule has 128 valence electrons. The summed E-state index contributed by atoms with van der Waals surface area (Å²) in [5.74, 6) is -0.665. The zero-order chi connectivity index (χ0) is 17.4. The Balaban J connectivity index is 2.11. The van der Waals surface area contributed by atoms with Crippen LogP contribution in [0.2, 0.25) is 0 Å². The first-order chi connectivity index (χ1) is 10.7. The van der Waals surface area contributed by atoms with Crippen molar-refractivity contribution in [1.29, 1.82) is 0 Å². The Morgan fingerprint density at radius 1 is 1.30 bits per heavy atom. The number of rotatable bonds is 4. The second kappa shape index (κ2) is 6.22. The van der Waals surface area contributed by atoms with Gasteiger partial charge in [0, 0.05) is 26.7 Å². The minimum atomic E-state index is -0.633. The van der Waals surface area contributed by atoms with Crippen molar-refractivity contribution in [3.8, 4) is 0 Å². The third-order valence-electron chi connectivity index (χ3n) is 4.93. The van der Waals surface area contributed by atoms with Gasteiger partial charge >= 0.3 is 6.03 Å². The number of likely N-dealkylation sites (tertiary alicyclic amines) is 2. The molecule has 2 saturated heterocycles. The molecule has 7 heteroatoms. The van der Waals surface area contributed by atoms with Crippen molar-refractivity contribution in [2.24, 2.45) is 11.7 Å². The molecule has 2 fully saturated rings. The maximum atomic E-state index is 12.9. The molecule has 7 nitrogen and oxygen atoms in total. The maximum absolute atomic E-state index is 12.9. The van der Waals surface area contributed by atoms with E-state index in [1.807, 2.05) is 13.8 Å². The van der Waals surface area contributed by atoms with Gasteiger partial charge in [0.25, 0.3) is 0 Å². The highest BCUT2D eigenvalue weighted by molar-refractivity contribution is 5.89. The lowest BCUT2D eigenvalue weighted by molar-refractivity contribution is -0.137. The molecule has 1 atom stereocenters. The van der Waals surface area contributed by atoms with Gasteiger partial charge in [0.05, 0.1) is 5.54 Å². The quantitative estimate of drug-likeness (QED) is 0.761. The number of hydrogen-bond acceptors (Lipinski definition) is 3. The summed E-state index contributed by atoms with van der Waals surface area (Å²) in [6.45, 7) is 8.93. The van der Waals surface area contributed by atoms with Crippen LogP contribution in [0, 0.1) is 5.92 Å². The van der Waals surface area contributed by atoms with Crippen molar-refractivity contribution >= 4 is 17.8 Å². The fourth-order valence-corrected chi connectivity index (χ4v) is 3.79. The molecule has 0 aliphatic carbocycles. The Labute approximate surface area is 137 Å². The topological polar surface area (TPSA) is 87.0 Å². The summed E-state index contributed by atoms with van der Waals surface area (Å²) in [5.41, 5.74) is 5.15. The predicted molar refractivity (Wildman–Crippen MR) is 86.4 cm³/mol. The van der Waals surface area contributed by atoms with Gasteiger partial charge in [0.1, 0.15) is 6.04 Å². The predicted octanol–water partition coefficient (Wildman–Crippen LogP) is 0.411. The van der Waals surface area contributed by atoms with Gasteiger partial charge in [-0.25, -0.2) is 4.79 Å². The second-order valence-electron chi connectivity index (χ2n) is 6.86.